The van der Waals surface area contributed by atoms with Crippen molar-refractivity contribution in [3.8, 4) is 0 Å². The first-order valence-corrected chi connectivity index (χ1v) is 9.71. The van der Waals surface area contributed by atoms with Gasteiger partial charge in [-0.3, -0.25) is 4.79 Å². The molecular formula is C20H23NO5S. The Labute approximate surface area is 159 Å². The average Bonchev–Trinajstić information content (AvgIpc) is 2.67. The summed E-state index contributed by atoms with van der Waals surface area (Å²) in [5, 5.41) is 2.60. The second-order valence-corrected chi connectivity index (χ2v) is 7.99. The zero-order chi connectivity index (χ0) is 20.1. The molecule has 0 radical (unpaired) electrons. The van der Waals surface area contributed by atoms with Crippen molar-refractivity contribution in [3.63, 3.8) is 0 Å². The van der Waals surface area contributed by atoms with E-state index < -0.39 is 26.4 Å². The zero-order valence-corrected chi connectivity index (χ0v) is 16.5. The molecule has 0 aliphatic carbocycles. The summed E-state index contributed by atoms with van der Waals surface area (Å²) in [7, 11) is -1.37. The van der Waals surface area contributed by atoms with Crippen LogP contribution in [0.5, 0.6) is 0 Å². The summed E-state index contributed by atoms with van der Waals surface area (Å²) in [5.74, 6) is -2.16. The van der Waals surface area contributed by atoms with Gasteiger partial charge in [0.25, 0.3) is 5.91 Å². The highest BCUT2D eigenvalue weighted by atomic mass is 32.2. The Bertz CT molecular complexity index is 915. The van der Waals surface area contributed by atoms with E-state index in [0.717, 1.165) is 5.56 Å². The summed E-state index contributed by atoms with van der Waals surface area (Å²) >= 11 is 0. The molecule has 0 aliphatic rings. The molecule has 0 aromatic heterocycles. The van der Waals surface area contributed by atoms with E-state index in [0.29, 0.717) is 5.69 Å². The number of ether oxygens (including phenoxy) is 2. The van der Waals surface area contributed by atoms with Gasteiger partial charge in [-0.05, 0) is 44.2 Å². The summed E-state index contributed by atoms with van der Waals surface area (Å²) < 4.78 is 36.7. The van der Waals surface area contributed by atoms with E-state index in [1.54, 1.807) is 42.5 Å². The Hall–Kier alpha value is -2.48. The molecule has 27 heavy (non-hydrogen) atoms. The minimum atomic E-state index is -4.10. The molecule has 0 aliphatic heterocycles. The molecule has 0 bridgehead atoms. The van der Waals surface area contributed by atoms with E-state index in [-0.39, 0.29) is 4.90 Å². The summed E-state index contributed by atoms with van der Waals surface area (Å²) in [4.78, 5) is 12.4. The van der Waals surface area contributed by atoms with Crippen LogP contribution in [0.3, 0.4) is 0 Å². The van der Waals surface area contributed by atoms with Crippen LogP contribution in [0.25, 0.3) is 0 Å². The third-order valence-corrected chi connectivity index (χ3v) is 5.86. The number of nitrogens with one attached hydrogen (secondary N) is 1. The summed E-state index contributed by atoms with van der Waals surface area (Å²) in [6, 6.07) is 14.9. The van der Waals surface area contributed by atoms with Crippen LogP contribution in [-0.2, 0) is 24.1 Å². The number of methoxy groups -OCH3 is 2. The molecule has 0 heterocycles. The van der Waals surface area contributed by atoms with E-state index in [1.807, 2.05) is 6.92 Å². The van der Waals surface area contributed by atoms with Crippen molar-refractivity contribution >= 4 is 21.4 Å². The molecule has 0 saturated heterocycles. The number of anilines is 1. The lowest BCUT2D eigenvalue weighted by Crippen LogP contribution is -2.31. The number of hydrogen-bond acceptors (Lipinski definition) is 5. The quantitative estimate of drug-likeness (QED) is 0.580. The molecule has 0 unspecified atom stereocenters. The van der Waals surface area contributed by atoms with Gasteiger partial charge in [0.15, 0.2) is 5.79 Å². The van der Waals surface area contributed by atoms with Crippen molar-refractivity contribution in [3.05, 3.63) is 71.1 Å². The van der Waals surface area contributed by atoms with Crippen molar-refractivity contribution in [2.45, 2.75) is 24.5 Å². The molecule has 1 amide bonds. The second-order valence-electron chi connectivity index (χ2n) is 6.07. The molecule has 2 aromatic carbocycles. The molecule has 1 N–H and O–H groups in total. The lowest BCUT2D eigenvalue weighted by atomic mass is 10.2. The van der Waals surface area contributed by atoms with E-state index in [1.165, 1.54) is 39.4 Å². The van der Waals surface area contributed by atoms with Gasteiger partial charge < -0.3 is 14.8 Å². The van der Waals surface area contributed by atoms with Gasteiger partial charge in [0, 0.05) is 19.9 Å². The van der Waals surface area contributed by atoms with Gasteiger partial charge in [0.05, 0.1) is 4.90 Å². The van der Waals surface area contributed by atoms with Gasteiger partial charge in [-0.2, -0.15) is 0 Å². The first kappa shape index (κ1) is 20.8. The Kier molecular flexibility index (Phi) is 6.54. The Morgan fingerprint density at radius 2 is 1.56 bits per heavy atom. The molecule has 0 spiro atoms. The normalized spacial score (nSPS) is 12.7. The number of carbonyl (C=O) groups excluding carboxylic acids is 1. The lowest BCUT2D eigenvalue weighted by molar-refractivity contribution is -0.156. The van der Waals surface area contributed by atoms with Gasteiger partial charge >= 0.3 is 0 Å². The number of carbonyl (C=O) groups is 1. The molecule has 0 saturated carbocycles. The van der Waals surface area contributed by atoms with Crippen LogP contribution < -0.4 is 5.32 Å². The smallest absolute Gasteiger partial charge is 0.267 e. The fraction of sp³-hybridized carbons (Fsp3) is 0.250. The number of sulfone groups is 1. The minimum absolute atomic E-state index is 0.0112. The van der Waals surface area contributed by atoms with Crippen LogP contribution in [0.4, 0.5) is 5.69 Å². The maximum Gasteiger partial charge on any atom is 0.267 e. The molecule has 2 rings (SSSR count). The zero-order valence-electron chi connectivity index (χ0n) is 15.7. The lowest BCUT2D eigenvalue weighted by Gasteiger charge is -2.24. The average molecular weight is 389 g/mol. The first-order valence-electron chi connectivity index (χ1n) is 8.23. The van der Waals surface area contributed by atoms with Gasteiger partial charge in [-0.15, -0.1) is 0 Å². The monoisotopic (exact) mass is 389 g/mol. The van der Waals surface area contributed by atoms with Crippen LogP contribution in [0.15, 0.2) is 70.5 Å². The van der Waals surface area contributed by atoms with E-state index in [9.17, 15) is 13.2 Å². The Morgan fingerprint density at radius 3 is 2.07 bits per heavy atom. The first-order chi connectivity index (χ1) is 12.7. The molecule has 2 aromatic rings. The van der Waals surface area contributed by atoms with Gasteiger partial charge in [-0.1, -0.05) is 35.9 Å². The van der Waals surface area contributed by atoms with Crippen molar-refractivity contribution in [1.82, 2.24) is 0 Å². The van der Waals surface area contributed by atoms with E-state index >= 15 is 0 Å². The highest BCUT2D eigenvalue weighted by Crippen LogP contribution is 2.25. The van der Waals surface area contributed by atoms with Gasteiger partial charge in [0.2, 0.25) is 9.84 Å². The SMILES string of the molecule is COC(C)(/C=C(\C(=O)Nc1ccccc1)S(=O)(=O)c1ccc(C)cc1)OC. The van der Waals surface area contributed by atoms with Crippen LogP contribution in [0, 0.1) is 6.92 Å². The third kappa shape index (κ3) is 5.03. The topological polar surface area (TPSA) is 81.7 Å². The fourth-order valence-corrected chi connectivity index (χ4v) is 3.68. The Morgan fingerprint density at radius 1 is 1.00 bits per heavy atom. The highest BCUT2D eigenvalue weighted by Gasteiger charge is 2.32. The maximum absolute atomic E-state index is 13.1. The summed E-state index contributed by atoms with van der Waals surface area (Å²) in [5.41, 5.74) is 1.39. The molecule has 144 valence electrons. The molecule has 0 fully saturated rings. The molecule has 6 nitrogen and oxygen atoms in total. The summed E-state index contributed by atoms with van der Waals surface area (Å²) in [6.45, 7) is 3.37. The number of benzene rings is 2. The van der Waals surface area contributed by atoms with Crippen molar-refractivity contribution in [2.75, 3.05) is 19.5 Å². The minimum Gasteiger partial charge on any atom is -0.350 e. The molecule has 0 atom stereocenters. The van der Waals surface area contributed by atoms with Crippen molar-refractivity contribution in [2.24, 2.45) is 0 Å². The van der Waals surface area contributed by atoms with E-state index in [4.69, 9.17) is 9.47 Å². The summed E-state index contributed by atoms with van der Waals surface area (Å²) in [6.07, 6.45) is 1.17. The maximum atomic E-state index is 13.1. The van der Waals surface area contributed by atoms with Crippen LogP contribution in [-0.4, -0.2) is 34.3 Å². The van der Waals surface area contributed by atoms with Crippen LogP contribution >= 0.6 is 0 Å². The second kappa shape index (κ2) is 8.47. The van der Waals surface area contributed by atoms with Gasteiger partial charge in [-0.25, -0.2) is 8.42 Å². The largest absolute Gasteiger partial charge is 0.350 e. The highest BCUT2D eigenvalue weighted by molar-refractivity contribution is 7.96. The number of aryl methyl sites for hydroxylation is 1. The third-order valence-electron chi connectivity index (χ3n) is 4.08. The van der Waals surface area contributed by atoms with Gasteiger partial charge in [0.1, 0.15) is 4.91 Å². The predicted octanol–water partition coefficient (Wildman–Crippen LogP) is 3.30. The Balaban J connectivity index is 2.54. The standard InChI is InChI=1S/C20H23NO5S/c1-15-10-12-17(13-11-15)27(23,24)18(14-20(2,25-3)26-4)19(22)21-16-8-6-5-7-9-16/h5-14H,1-4H3,(H,21,22)/b18-14+. The van der Waals surface area contributed by atoms with Crippen molar-refractivity contribution < 1.29 is 22.7 Å². The number of rotatable bonds is 7. The van der Waals surface area contributed by atoms with Crippen LogP contribution in [0.1, 0.15) is 12.5 Å². The number of para-hydroxylation sites is 1. The fourth-order valence-electron chi connectivity index (χ4n) is 2.26. The number of hydrogen-bond donors (Lipinski definition) is 1. The predicted molar refractivity (Wildman–Crippen MR) is 104 cm³/mol. The van der Waals surface area contributed by atoms with Crippen LogP contribution in [0.2, 0.25) is 0 Å². The molecular weight excluding hydrogens is 366 g/mol. The molecule has 7 heteroatoms. The van der Waals surface area contributed by atoms with Crippen molar-refractivity contribution in [1.29, 1.82) is 0 Å². The number of amides is 1. The van der Waals surface area contributed by atoms with E-state index in [2.05, 4.69) is 5.32 Å².